The molecule has 0 saturated heterocycles. The highest BCUT2D eigenvalue weighted by atomic mass is 35.5. The first-order chi connectivity index (χ1) is 15.5. The van der Waals surface area contributed by atoms with E-state index >= 15 is 0 Å². The van der Waals surface area contributed by atoms with E-state index in [1.807, 2.05) is 18.2 Å². The molecule has 0 radical (unpaired) electrons. The highest BCUT2D eigenvalue weighted by Gasteiger charge is 2.28. The van der Waals surface area contributed by atoms with E-state index in [0.717, 1.165) is 25.7 Å². The molecule has 164 valence electrons. The summed E-state index contributed by atoms with van der Waals surface area (Å²) in [5.41, 5.74) is 1.52. The maximum absolute atomic E-state index is 12.9. The average Bonchev–Trinajstić information content (AvgIpc) is 3.68. The molecule has 2 amide bonds. The summed E-state index contributed by atoms with van der Waals surface area (Å²) < 4.78 is 1.75. The number of hydrogen-bond donors (Lipinski definition) is 2. The molecule has 2 aliphatic carbocycles. The fourth-order valence-corrected chi connectivity index (χ4v) is 4.06. The van der Waals surface area contributed by atoms with E-state index in [9.17, 15) is 14.4 Å². The summed E-state index contributed by atoms with van der Waals surface area (Å²) in [6, 6.07) is 12.6. The average molecular weight is 451 g/mol. The van der Waals surface area contributed by atoms with E-state index in [0.29, 0.717) is 39.4 Å². The Balaban J connectivity index is 1.28. The van der Waals surface area contributed by atoms with Crippen LogP contribution in [0.15, 0.2) is 47.3 Å². The number of rotatable bonds is 7. The number of nitrogens with one attached hydrogen (secondary N) is 2. The zero-order valence-corrected chi connectivity index (χ0v) is 18.2. The predicted octanol–water partition coefficient (Wildman–Crippen LogP) is 3.85. The molecule has 8 heteroatoms. The van der Waals surface area contributed by atoms with Crippen molar-refractivity contribution in [2.24, 2.45) is 0 Å². The van der Waals surface area contributed by atoms with Crippen molar-refractivity contribution in [1.82, 2.24) is 14.9 Å². The Kier molecular flexibility index (Phi) is 5.43. The van der Waals surface area contributed by atoms with Crippen LogP contribution in [-0.2, 0) is 11.2 Å². The molecule has 2 aromatic carbocycles. The summed E-state index contributed by atoms with van der Waals surface area (Å²) in [6.45, 7) is 0. The zero-order chi connectivity index (χ0) is 22.2. The van der Waals surface area contributed by atoms with Crippen LogP contribution in [0.2, 0.25) is 5.02 Å². The maximum Gasteiger partial charge on any atom is 0.261 e. The minimum atomic E-state index is -0.207. The SMILES string of the molecule is O=C(CCc1nc2ccccc2c(=O)n1C1CC1)Nc1ccc(C(=O)NC2CC2)c(Cl)c1. The fourth-order valence-electron chi connectivity index (χ4n) is 3.79. The number of benzene rings is 2. The molecule has 3 aromatic rings. The van der Waals surface area contributed by atoms with Gasteiger partial charge in [-0.05, 0) is 56.0 Å². The third kappa shape index (κ3) is 4.39. The van der Waals surface area contributed by atoms with Gasteiger partial charge in [-0.3, -0.25) is 19.0 Å². The normalized spacial score (nSPS) is 15.5. The van der Waals surface area contributed by atoms with Gasteiger partial charge in [-0.25, -0.2) is 4.98 Å². The van der Waals surface area contributed by atoms with E-state index in [4.69, 9.17) is 11.6 Å². The number of aryl methyl sites for hydroxylation is 1. The first kappa shape index (κ1) is 20.7. The van der Waals surface area contributed by atoms with Gasteiger partial charge in [0.05, 0.1) is 21.5 Å². The van der Waals surface area contributed by atoms with Crippen LogP contribution in [0.25, 0.3) is 10.9 Å². The molecule has 32 heavy (non-hydrogen) atoms. The van der Waals surface area contributed by atoms with Gasteiger partial charge in [0.1, 0.15) is 5.82 Å². The minimum absolute atomic E-state index is 0.0413. The van der Waals surface area contributed by atoms with Gasteiger partial charge < -0.3 is 10.6 Å². The first-order valence-electron chi connectivity index (χ1n) is 10.9. The molecule has 2 N–H and O–H groups in total. The number of aromatic nitrogens is 2. The minimum Gasteiger partial charge on any atom is -0.349 e. The van der Waals surface area contributed by atoms with Gasteiger partial charge in [0.25, 0.3) is 11.5 Å². The van der Waals surface area contributed by atoms with Crippen LogP contribution in [0.5, 0.6) is 0 Å². The highest BCUT2D eigenvalue weighted by molar-refractivity contribution is 6.34. The van der Waals surface area contributed by atoms with Gasteiger partial charge in [0, 0.05) is 30.6 Å². The zero-order valence-electron chi connectivity index (χ0n) is 17.4. The maximum atomic E-state index is 12.9. The van der Waals surface area contributed by atoms with Gasteiger partial charge >= 0.3 is 0 Å². The Morgan fingerprint density at radius 3 is 2.59 bits per heavy atom. The highest BCUT2D eigenvalue weighted by Crippen LogP contribution is 2.35. The van der Waals surface area contributed by atoms with E-state index in [2.05, 4.69) is 15.6 Å². The lowest BCUT2D eigenvalue weighted by atomic mass is 10.1. The van der Waals surface area contributed by atoms with Crippen molar-refractivity contribution >= 4 is 40.0 Å². The van der Waals surface area contributed by atoms with Crippen molar-refractivity contribution in [3.05, 3.63) is 69.2 Å². The van der Waals surface area contributed by atoms with E-state index in [1.54, 1.807) is 28.8 Å². The van der Waals surface area contributed by atoms with Gasteiger partial charge in [0.15, 0.2) is 0 Å². The molecular weight excluding hydrogens is 428 g/mol. The topological polar surface area (TPSA) is 93.1 Å². The van der Waals surface area contributed by atoms with Crippen molar-refractivity contribution in [2.45, 2.75) is 50.6 Å². The standard InChI is InChI=1S/C24H23ClN4O3/c25-19-13-15(7-10-17(19)23(31)27-14-5-6-14)26-22(30)12-11-21-28-20-4-2-1-3-18(20)24(32)29(21)16-8-9-16/h1-4,7,10,13-14,16H,5-6,8-9,11-12H2,(H,26,30)(H,27,31). The predicted molar refractivity (Wildman–Crippen MR) is 123 cm³/mol. The summed E-state index contributed by atoms with van der Waals surface area (Å²) in [5, 5.41) is 6.61. The fraction of sp³-hybridized carbons (Fsp3) is 0.333. The van der Waals surface area contributed by atoms with Crippen molar-refractivity contribution in [3.8, 4) is 0 Å². The second kappa shape index (κ2) is 8.39. The Bertz CT molecular complexity index is 1280. The Labute approximate surface area is 189 Å². The first-order valence-corrected chi connectivity index (χ1v) is 11.3. The molecule has 1 aromatic heterocycles. The Morgan fingerprint density at radius 2 is 1.88 bits per heavy atom. The van der Waals surface area contributed by atoms with Crippen molar-refractivity contribution in [1.29, 1.82) is 0 Å². The van der Waals surface area contributed by atoms with Crippen LogP contribution in [0.4, 0.5) is 5.69 Å². The molecule has 2 fully saturated rings. The molecule has 0 spiro atoms. The molecule has 0 unspecified atom stereocenters. The summed E-state index contributed by atoms with van der Waals surface area (Å²) in [4.78, 5) is 42.4. The number of anilines is 1. The number of halogens is 1. The van der Waals surface area contributed by atoms with Gasteiger partial charge in [-0.2, -0.15) is 0 Å². The lowest BCUT2D eigenvalue weighted by Crippen LogP contribution is -2.26. The van der Waals surface area contributed by atoms with Crippen LogP contribution >= 0.6 is 11.6 Å². The van der Waals surface area contributed by atoms with Gasteiger partial charge in [-0.15, -0.1) is 0 Å². The van der Waals surface area contributed by atoms with Crippen molar-refractivity contribution in [3.63, 3.8) is 0 Å². The number of hydrogen-bond acceptors (Lipinski definition) is 4. The summed E-state index contributed by atoms with van der Waals surface area (Å²) >= 11 is 6.26. The number of para-hydroxylation sites is 1. The third-order valence-electron chi connectivity index (χ3n) is 5.78. The number of amides is 2. The molecule has 1 heterocycles. The molecule has 0 aliphatic heterocycles. The Morgan fingerprint density at radius 1 is 1.09 bits per heavy atom. The molecule has 2 aliphatic rings. The van der Waals surface area contributed by atoms with Crippen LogP contribution in [0.3, 0.4) is 0 Å². The Hall–Kier alpha value is -3.19. The number of carbonyl (C=O) groups excluding carboxylic acids is 2. The van der Waals surface area contributed by atoms with E-state index in [1.165, 1.54) is 0 Å². The summed E-state index contributed by atoms with van der Waals surface area (Å²) in [5.74, 6) is 0.230. The molecule has 5 rings (SSSR count). The third-order valence-corrected chi connectivity index (χ3v) is 6.09. The quantitative estimate of drug-likeness (QED) is 0.571. The monoisotopic (exact) mass is 450 g/mol. The molecular formula is C24H23ClN4O3. The molecule has 2 saturated carbocycles. The molecule has 0 atom stereocenters. The second-order valence-electron chi connectivity index (χ2n) is 8.44. The lowest BCUT2D eigenvalue weighted by molar-refractivity contribution is -0.116. The molecule has 0 bridgehead atoms. The van der Waals surface area contributed by atoms with Crippen molar-refractivity contribution < 1.29 is 9.59 Å². The van der Waals surface area contributed by atoms with Crippen LogP contribution in [0.1, 0.15) is 54.3 Å². The van der Waals surface area contributed by atoms with Gasteiger partial charge in [-0.1, -0.05) is 23.7 Å². The van der Waals surface area contributed by atoms with Crippen LogP contribution in [0, 0.1) is 0 Å². The molecule has 7 nitrogen and oxygen atoms in total. The summed E-state index contributed by atoms with van der Waals surface area (Å²) in [6.07, 6.45) is 4.45. The number of carbonyl (C=O) groups is 2. The van der Waals surface area contributed by atoms with Crippen LogP contribution < -0.4 is 16.2 Å². The summed E-state index contributed by atoms with van der Waals surface area (Å²) in [7, 11) is 0. The number of nitrogens with zero attached hydrogens (tertiary/aromatic N) is 2. The smallest absolute Gasteiger partial charge is 0.261 e. The number of fused-ring (bicyclic) bond motifs is 1. The van der Waals surface area contributed by atoms with E-state index in [-0.39, 0.29) is 35.9 Å². The van der Waals surface area contributed by atoms with Crippen LogP contribution in [-0.4, -0.2) is 27.4 Å². The lowest BCUT2D eigenvalue weighted by Gasteiger charge is -2.13. The van der Waals surface area contributed by atoms with Gasteiger partial charge in [0.2, 0.25) is 5.91 Å². The second-order valence-corrected chi connectivity index (χ2v) is 8.85. The van der Waals surface area contributed by atoms with Crippen molar-refractivity contribution in [2.75, 3.05) is 5.32 Å². The van der Waals surface area contributed by atoms with E-state index < -0.39 is 0 Å². The largest absolute Gasteiger partial charge is 0.349 e.